The van der Waals surface area contributed by atoms with E-state index in [0.29, 0.717) is 34.9 Å². The van der Waals surface area contributed by atoms with Crippen LogP contribution in [0.3, 0.4) is 0 Å². The van der Waals surface area contributed by atoms with E-state index in [9.17, 15) is 0 Å². The van der Waals surface area contributed by atoms with E-state index in [1.165, 1.54) is 51.4 Å². The van der Waals surface area contributed by atoms with E-state index in [4.69, 9.17) is 18.9 Å². The van der Waals surface area contributed by atoms with Crippen LogP contribution in [0.15, 0.2) is 0 Å². The largest absolute Gasteiger partial charge is 0.381 e. The van der Waals surface area contributed by atoms with Crippen LogP contribution in [-0.2, 0) is 18.9 Å². The highest BCUT2D eigenvalue weighted by atomic mass is 16.5. The molecule has 0 aliphatic carbocycles. The summed E-state index contributed by atoms with van der Waals surface area (Å²) in [4.78, 5) is 0. The van der Waals surface area contributed by atoms with Crippen molar-refractivity contribution in [2.24, 2.45) is 22.7 Å². The Balaban J connectivity index is 0.000000161. The minimum Gasteiger partial charge on any atom is -0.381 e. The van der Waals surface area contributed by atoms with Crippen molar-refractivity contribution in [1.29, 1.82) is 0 Å². The predicted molar refractivity (Wildman–Crippen MR) is 113 cm³/mol. The maximum Gasteiger partial charge on any atom is 0.0598 e. The Morgan fingerprint density at radius 3 is 1.18 bits per heavy atom. The molecule has 28 heavy (non-hydrogen) atoms. The lowest BCUT2D eigenvalue weighted by Gasteiger charge is -2.43. The number of hydrogen-bond acceptors (Lipinski definition) is 4. The molecule has 0 unspecified atom stereocenters. The molecule has 0 bridgehead atoms. The lowest BCUT2D eigenvalue weighted by atomic mass is 9.74. The maximum absolute atomic E-state index is 5.98. The molecule has 0 aromatic rings. The van der Waals surface area contributed by atoms with Gasteiger partial charge in [0.25, 0.3) is 0 Å². The monoisotopic (exact) mass is 396 g/mol. The van der Waals surface area contributed by atoms with Crippen LogP contribution in [0, 0.1) is 22.7 Å². The first-order chi connectivity index (χ1) is 13.4. The van der Waals surface area contributed by atoms with E-state index in [-0.39, 0.29) is 0 Å². The van der Waals surface area contributed by atoms with Crippen LogP contribution in [0.25, 0.3) is 0 Å². The number of rotatable bonds is 2. The second-order valence-electron chi connectivity index (χ2n) is 10.5. The Labute approximate surface area is 173 Å². The van der Waals surface area contributed by atoms with Gasteiger partial charge in [0.1, 0.15) is 0 Å². The minimum absolute atomic E-state index is 0.476. The zero-order valence-corrected chi connectivity index (χ0v) is 18.8. The summed E-state index contributed by atoms with van der Waals surface area (Å²) in [6.45, 7) is 14.7. The van der Waals surface area contributed by atoms with Crippen molar-refractivity contribution in [3.05, 3.63) is 0 Å². The molecule has 4 heteroatoms. The Bertz CT molecular complexity index is 388. The van der Waals surface area contributed by atoms with Gasteiger partial charge in [-0.3, -0.25) is 0 Å². The number of hydrogen-bond donors (Lipinski definition) is 0. The summed E-state index contributed by atoms with van der Waals surface area (Å²) in [6.07, 6.45) is 11.0. The highest BCUT2D eigenvalue weighted by molar-refractivity contribution is 4.88. The first-order valence-electron chi connectivity index (χ1n) is 11.8. The van der Waals surface area contributed by atoms with Crippen molar-refractivity contribution in [1.82, 2.24) is 0 Å². The quantitative estimate of drug-likeness (QED) is 0.640. The standard InChI is InChI=1S/2C12H22O2/c2*1-10(2)11-3-4-12(9-14-11)5-7-13-8-6-12/h2*10-11H,3-9H2,1-2H3/t2*11-/m10/s1. The molecule has 4 aliphatic rings. The van der Waals surface area contributed by atoms with Crippen molar-refractivity contribution in [2.45, 2.75) is 91.3 Å². The molecule has 4 nitrogen and oxygen atoms in total. The molecule has 2 spiro atoms. The molecular formula is C24H44O4. The third-order valence-electron chi connectivity index (χ3n) is 7.72. The Morgan fingerprint density at radius 2 is 0.929 bits per heavy atom. The summed E-state index contributed by atoms with van der Waals surface area (Å²) in [6, 6.07) is 0. The van der Waals surface area contributed by atoms with Gasteiger partial charge in [0, 0.05) is 26.4 Å². The van der Waals surface area contributed by atoms with E-state index < -0.39 is 0 Å². The fourth-order valence-corrected chi connectivity index (χ4v) is 5.22. The molecule has 0 saturated carbocycles. The molecule has 4 heterocycles. The second-order valence-corrected chi connectivity index (χ2v) is 10.5. The van der Waals surface area contributed by atoms with E-state index in [1.54, 1.807) is 0 Å². The Hall–Kier alpha value is -0.160. The summed E-state index contributed by atoms with van der Waals surface area (Å²) >= 11 is 0. The van der Waals surface area contributed by atoms with Gasteiger partial charge in [-0.15, -0.1) is 0 Å². The highest BCUT2D eigenvalue weighted by Crippen LogP contribution is 2.42. The van der Waals surface area contributed by atoms with E-state index in [0.717, 1.165) is 39.6 Å². The fourth-order valence-electron chi connectivity index (χ4n) is 5.22. The van der Waals surface area contributed by atoms with Crippen LogP contribution < -0.4 is 0 Å². The first kappa shape index (κ1) is 22.5. The Kier molecular flexibility index (Phi) is 8.23. The zero-order valence-electron chi connectivity index (χ0n) is 18.8. The predicted octanol–water partition coefficient (Wildman–Crippen LogP) is 5.24. The lowest BCUT2D eigenvalue weighted by molar-refractivity contribution is -0.116. The molecule has 0 amide bonds. The summed E-state index contributed by atoms with van der Waals surface area (Å²) in [5.41, 5.74) is 0.952. The van der Waals surface area contributed by atoms with Crippen molar-refractivity contribution < 1.29 is 18.9 Å². The van der Waals surface area contributed by atoms with Gasteiger partial charge >= 0.3 is 0 Å². The number of ether oxygens (including phenoxy) is 4. The van der Waals surface area contributed by atoms with Crippen LogP contribution in [0.1, 0.15) is 79.1 Å². The van der Waals surface area contributed by atoms with E-state index in [2.05, 4.69) is 27.7 Å². The summed E-state index contributed by atoms with van der Waals surface area (Å²) in [5.74, 6) is 1.35. The van der Waals surface area contributed by atoms with Crippen LogP contribution in [0.4, 0.5) is 0 Å². The van der Waals surface area contributed by atoms with Crippen LogP contribution in [-0.4, -0.2) is 51.8 Å². The van der Waals surface area contributed by atoms with E-state index in [1.807, 2.05) is 0 Å². The van der Waals surface area contributed by atoms with Crippen molar-refractivity contribution in [3.63, 3.8) is 0 Å². The van der Waals surface area contributed by atoms with Gasteiger partial charge in [-0.2, -0.15) is 0 Å². The molecule has 0 N–H and O–H groups in total. The average molecular weight is 397 g/mol. The van der Waals surface area contributed by atoms with Gasteiger partial charge in [-0.25, -0.2) is 0 Å². The molecule has 0 radical (unpaired) electrons. The van der Waals surface area contributed by atoms with Crippen LogP contribution >= 0.6 is 0 Å². The second kappa shape index (κ2) is 10.2. The van der Waals surface area contributed by atoms with Gasteiger partial charge < -0.3 is 18.9 Å². The van der Waals surface area contributed by atoms with Crippen LogP contribution in [0.2, 0.25) is 0 Å². The lowest BCUT2D eigenvalue weighted by Crippen LogP contribution is -2.41. The molecule has 4 saturated heterocycles. The third-order valence-corrected chi connectivity index (χ3v) is 7.72. The molecule has 2 atom stereocenters. The fraction of sp³-hybridized carbons (Fsp3) is 1.00. The first-order valence-corrected chi connectivity index (χ1v) is 11.8. The van der Waals surface area contributed by atoms with Crippen LogP contribution in [0.5, 0.6) is 0 Å². The summed E-state index contributed by atoms with van der Waals surface area (Å²) < 4.78 is 22.8. The van der Waals surface area contributed by atoms with Gasteiger partial charge in [0.2, 0.25) is 0 Å². The topological polar surface area (TPSA) is 36.9 Å². The molecule has 0 aromatic heterocycles. The molecule has 0 aromatic carbocycles. The highest BCUT2D eigenvalue weighted by Gasteiger charge is 2.39. The molecule has 4 aliphatic heterocycles. The van der Waals surface area contributed by atoms with Gasteiger partial charge in [-0.1, -0.05) is 27.7 Å². The van der Waals surface area contributed by atoms with Crippen molar-refractivity contribution in [3.8, 4) is 0 Å². The molecule has 4 rings (SSSR count). The third kappa shape index (κ3) is 5.93. The minimum atomic E-state index is 0.476. The summed E-state index contributed by atoms with van der Waals surface area (Å²) in [7, 11) is 0. The van der Waals surface area contributed by atoms with Gasteiger partial charge in [0.15, 0.2) is 0 Å². The SMILES string of the molecule is CC(C)[C@@H]1CCC2(CCOCC2)CO1.CC(C)[C@H]1CCC2(CCOCC2)CO1. The zero-order chi connectivity index (χ0) is 20.0. The normalized spacial score (nSPS) is 32.4. The molecule has 164 valence electrons. The summed E-state index contributed by atoms with van der Waals surface area (Å²) in [5, 5.41) is 0. The molecule has 4 fully saturated rings. The average Bonchev–Trinajstić information content (AvgIpc) is 2.70. The van der Waals surface area contributed by atoms with Gasteiger partial charge in [-0.05, 0) is 74.0 Å². The Morgan fingerprint density at radius 1 is 0.571 bits per heavy atom. The van der Waals surface area contributed by atoms with E-state index >= 15 is 0 Å². The smallest absolute Gasteiger partial charge is 0.0598 e. The molecular weight excluding hydrogens is 352 g/mol. The van der Waals surface area contributed by atoms with Gasteiger partial charge in [0.05, 0.1) is 25.4 Å². The van der Waals surface area contributed by atoms with Crippen molar-refractivity contribution >= 4 is 0 Å². The maximum atomic E-state index is 5.98. The van der Waals surface area contributed by atoms with Crippen molar-refractivity contribution in [2.75, 3.05) is 39.6 Å².